The third-order valence-electron chi connectivity index (χ3n) is 3.29. The standard InChI is InChI=1S/C16H16F2N2O6S2/c1-8(21)14(23)20-15-11(13(19)22)7-12(27-15)28(24,25)10-5-3-9(4-6-10)26-16(2,17)18/h3-8,21H,1-2H3,(H2,19,22)(H,20,23)/t8-/m1/s1. The maximum absolute atomic E-state index is 12.9. The van der Waals surface area contributed by atoms with E-state index in [0.717, 1.165) is 30.3 Å². The molecular weight excluding hydrogens is 418 g/mol. The maximum atomic E-state index is 12.9. The first-order chi connectivity index (χ1) is 12.8. The van der Waals surface area contributed by atoms with Crippen LogP contribution >= 0.6 is 11.3 Å². The van der Waals surface area contributed by atoms with Crippen molar-refractivity contribution in [2.24, 2.45) is 5.73 Å². The normalized spacial score (nSPS) is 13.0. The lowest BCUT2D eigenvalue weighted by Gasteiger charge is -2.13. The van der Waals surface area contributed by atoms with E-state index in [1.807, 2.05) is 0 Å². The number of nitrogens with one attached hydrogen (secondary N) is 1. The Morgan fingerprint density at radius 3 is 2.32 bits per heavy atom. The number of hydrogen-bond acceptors (Lipinski definition) is 7. The van der Waals surface area contributed by atoms with Crippen LogP contribution in [-0.4, -0.2) is 37.6 Å². The number of primary amides is 1. The van der Waals surface area contributed by atoms with Gasteiger partial charge in [0.15, 0.2) is 0 Å². The molecule has 0 spiro atoms. The molecule has 28 heavy (non-hydrogen) atoms. The molecule has 0 aliphatic carbocycles. The van der Waals surface area contributed by atoms with Crippen LogP contribution in [0.15, 0.2) is 39.4 Å². The molecule has 0 fully saturated rings. The number of thiophene rings is 1. The Bertz CT molecular complexity index is 995. The Morgan fingerprint density at radius 2 is 1.86 bits per heavy atom. The molecule has 0 aliphatic heterocycles. The number of aliphatic hydroxyl groups excluding tert-OH is 1. The number of alkyl halides is 2. The summed E-state index contributed by atoms with van der Waals surface area (Å²) in [6.45, 7) is 1.73. The number of carbonyl (C=O) groups excluding carboxylic acids is 2. The summed E-state index contributed by atoms with van der Waals surface area (Å²) >= 11 is 0.566. The molecule has 12 heteroatoms. The highest BCUT2D eigenvalue weighted by Gasteiger charge is 2.27. The van der Waals surface area contributed by atoms with Crippen LogP contribution in [0.1, 0.15) is 24.2 Å². The van der Waals surface area contributed by atoms with Crippen molar-refractivity contribution in [3.05, 3.63) is 35.9 Å². The molecule has 0 unspecified atom stereocenters. The predicted molar refractivity (Wildman–Crippen MR) is 96.3 cm³/mol. The number of anilines is 1. The Labute approximate surface area is 162 Å². The molecule has 2 rings (SSSR count). The van der Waals surface area contributed by atoms with E-state index in [9.17, 15) is 31.9 Å². The Hall–Kier alpha value is -2.57. The average Bonchev–Trinajstić information content (AvgIpc) is 2.98. The van der Waals surface area contributed by atoms with E-state index in [0.29, 0.717) is 18.3 Å². The lowest BCUT2D eigenvalue weighted by Crippen LogP contribution is -2.25. The van der Waals surface area contributed by atoms with Crippen LogP contribution in [0.25, 0.3) is 0 Å². The van der Waals surface area contributed by atoms with Gasteiger partial charge in [0.1, 0.15) is 21.1 Å². The van der Waals surface area contributed by atoms with Crippen LogP contribution in [0, 0.1) is 0 Å². The van der Waals surface area contributed by atoms with Crippen LogP contribution < -0.4 is 15.8 Å². The molecule has 1 heterocycles. The summed E-state index contributed by atoms with van der Waals surface area (Å²) in [5.74, 6) is -2.07. The highest BCUT2D eigenvalue weighted by atomic mass is 32.2. The van der Waals surface area contributed by atoms with Gasteiger partial charge in [-0.15, -0.1) is 11.3 Å². The Balaban J connectivity index is 2.40. The van der Waals surface area contributed by atoms with E-state index >= 15 is 0 Å². The van der Waals surface area contributed by atoms with Crippen molar-refractivity contribution < 1.29 is 36.6 Å². The van der Waals surface area contributed by atoms with Crippen LogP contribution in [-0.2, 0) is 14.6 Å². The third kappa shape index (κ3) is 5.03. The molecular formula is C16H16F2N2O6S2. The Kier molecular flexibility index (Phi) is 6.06. The largest absolute Gasteiger partial charge is 0.433 e. The molecule has 152 valence electrons. The zero-order valence-corrected chi connectivity index (χ0v) is 16.2. The van der Waals surface area contributed by atoms with Crippen LogP contribution in [0.4, 0.5) is 13.8 Å². The van der Waals surface area contributed by atoms with Crippen molar-refractivity contribution in [3.63, 3.8) is 0 Å². The van der Waals surface area contributed by atoms with Gasteiger partial charge < -0.3 is 20.9 Å². The number of halogens is 2. The quantitative estimate of drug-likeness (QED) is 0.610. The minimum Gasteiger partial charge on any atom is -0.433 e. The topological polar surface area (TPSA) is 136 Å². The first kappa shape index (κ1) is 21.7. The van der Waals surface area contributed by atoms with Gasteiger partial charge in [0.2, 0.25) is 9.84 Å². The number of aliphatic hydroxyl groups is 1. The van der Waals surface area contributed by atoms with Gasteiger partial charge in [0.25, 0.3) is 11.8 Å². The monoisotopic (exact) mass is 434 g/mol. The van der Waals surface area contributed by atoms with Crippen LogP contribution in [0.2, 0.25) is 0 Å². The predicted octanol–water partition coefficient (Wildman–Crippen LogP) is 1.99. The molecule has 8 nitrogen and oxygen atoms in total. The number of ether oxygens (including phenoxy) is 1. The smallest absolute Gasteiger partial charge is 0.394 e. The lowest BCUT2D eigenvalue weighted by atomic mass is 10.3. The summed E-state index contributed by atoms with van der Waals surface area (Å²) in [4.78, 5) is 23.0. The van der Waals surface area contributed by atoms with Gasteiger partial charge in [-0.1, -0.05) is 0 Å². The fraction of sp³-hybridized carbons (Fsp3) is 0.250. The minimum absolute atomic E-state index is 0.137. The summed E-state index contributed by atoms with van der Waals surface area (Å²) in [6, 6.07) is 5.23. The number of sulfone groups is 1. The van der Waals surface area contributed by atoms with Crippen molar-refractivity contribution in [2.45, 2.75) is 35.2 Å². The number of benzene rings is 1. The molecule has 1 aromatic heterocycles. The first-order valence-electron chi connectivity index (χ1n) is 7.66. The summed E-state index contributed by atoms with van der Waals surface area (Å²) < 4.78 is 55.2. The fourth-order valence-corrected chi connectivity index (χ4v) is 4.78. The van der Waals surface area contributed by atoms with Gasteiger partial charge in [-0.05, 0) is 37.3 Å². The highest BCUT2D eigenvalue weighted by Crippen LogP contribution is 2.35. The van der Waals surface area contributed by atoms with Crippen LogP contribution in [0.3, 0.4) is 0 Å². The summed E-state index contributed by atoms with van der Waals surface area (Å²) in [7, 11) is -4.14. The Morgan fingerprint density at radius 1 is 1.29 bits per heavy atom. The molecule has 0 radical (unpaired) electrons. The number of rotatable bonds is 7. The SMILES string of the molecule is C[C@@H](O)C(=O)Nc1sc(S(=O)(=O)c2ccc(OC(C)(F)F)cc2)cc1C(N)=O. The van der Waals surface area contributed by atoms with Crippen molar-refractivity contribution in [2.75, 3.05) is 5.32 Å². The van der Waals surface area contributed by atoms with Crippen LogP contribution in [0.5, 0.6) is 5.75 Å². The van der Waals surface area contributed by atoms with Gasteiger partial charge in [-0.2, -0.15) is 8.78 Å². The molecule has 2 amide bonds. The number of nitrogens with two attached hydrogens (primary N) is 1. The molecule has 0 saturated carbocycles. The second-order valence-corrected chi connectivity index (χ2v) is 8.95. The molecule has 4 N–H and O–H groups in total. The summed E-state index contributed by atoms with van der Waals surface area (Å²) in [6.07, 6.45) is -4.83. The number of carbonyl (C=O) groups is 2. The summed E-state index contributed by atoms with van der Waals surface area (Å²) in [5.41, 5.74) is 4.96. The average molecular weight is 434 g/mol. The number of hydrogen-bond donors (Lipinski definition) is 3. The van der Waals surface area contributed by atoms with E-state index in [-0.39, 0.29) is 25.4 Å². The number of amides is 2. The second-order valence-electron chi connectivity index (χ2n) is 5.72. The van der Waals surface area contributed by atoms with E-state index in [1.165, 1.54) is 6.92 Å². The van der Waals surface area contributed by atoms with E-state index < -0.39 is 33.9 Å². The zero-order chi connectivity index (χ0) is 21.3. The first-order valence-corrected chi connectivity index (χ1v) is 9.96. The van der Waals surface area contributed by atoms with Gasteiger partial charge in [0.05, 0.1) is 10.5 Å². The van der Waals surface area contributed by atoms with E-state index in [4.69, 9.17) is 5.73 Å². The second kappa shape index (κ2) is 7.81. The molecule has 0 bridgehead atoms. The third-order valence-corrected chi connectivity index (χ3v) is 6.58. The molecule has 0 aliphatic rings. The van der Waals surface area contributed by atoms with Gasteiger partial charge in [0, 0.05) is 6.92 Å². The van der Waals surface area contributed by atoms with E-state index in [1.54, 1.807) is 0 Å². The van der Waals surface area contributed by atoms with Gasteiger partial charge in [-0.25, -0.2) is 8.42 Å². The zero-order valence-electron chi connectivity index (χ0n) is 14.6. The van der Waals surface area contributed by atoms with Crippen molar-refractivity contribution in [3.8, 4) is 5.75 Å². The van der Waals surface area contributed by atoms with Crippen molar-refractivity contribution in [1.82, 2.24) is 0 Å². The molecule has 0 saturated heterocycles. The summed E-state index contributed by atoms with van der Waals surface area (Å²) in [5, 5.41) is 11.4. The fourth-order valence-electron chi connectivity index (χ4n) is 2.00. The lowest BCUT2D eigenvalue weighted by molar-refractivity contribution is -0.159. The van der Waals surface area contributed by atoms with Gasteiger partial charge in [-0.3, -0.25) is 9.59 Å². The van der Waals surface area contributed by atoms with Crippen molar-refractivity contribution in [1.29, 1.82) is 0 Å². The molecule has 2 aromatic rings. The van der Waals surface area contributed by atoms with E-state index in [2.05, 4.69) is 10.1 Å². The van der Waals surface area contributed by atoms with Gasteiger partial charge >= 0.3 is 6.11 Å². The highest BCUT2D eigenvalue weighted by molar-refractivity contribution is 7.93. The minimum atomic E-state index is -4.14. The molecule has 1 atom stereocenters. The van der Waals surface area contributed by atoms with Crippen molar-refractivity contribution >= 4 is 38.0 Å². The molecule has 1 aromatic carbocycles. The maximum Gasteiger partial charge on any atom is 0.394 e.